The van der Waals surface area contributed by atoms with Crippen LogP contribution in [0, 0.1) is 0 Å². The molecule has 70 valence electrons. The summed E-state index contributed by atoms with van der Waals surface area (Å²) in [7, 11) is 1.37. The van der Waals surface area contributed by atoms with Gasteiger partial charge in [0, 0.05) is 13.7 Å². The fourth-order valence-electron chi connectivity index (χ4n) is 0.648. The zero-order valence-corrected chi connectivity index (χ0v) is 6.74. The van der Waals surface area contributed by atoms with Crippen LogP contribution in [0.3, 0.4) is 0 Å². The predicted molar refractivity (Wildman–Crippen MR) is 40.6 cm³/mol. The first-order valence-electron chi connectivity index (χ1n) is 3.34. The molecular weight excluding hydrogens is 164 g/mol. The molecule has 0 aromatic heterocycles. The lowest BCUT2D eigenvalue weighted by molar-refractivity contribution is -0.139. The summed E-state index contributed by atoms with van der Waals surface area (Å²) in [5, 5.41) is 10.6. The molecule has 0 aliphatic heterocycles. The van der Waals surface area contributed by atoms with E-state index >= 15 is 0 Å². The smallest absolute Gasteiger partial charge is 0.312 e. The van der Waals surface area contributed by atoms with Crippen LogP contribution in [0.25, 0.3) is 0 Å². The summed E-state index contributed by atoms with van der Waals surface area (Å²) in [5.41, 5.74) is 4.77. The monoisotopic (exact) mass is 176 g/mol. The number of nitrogens with one attached hydrogen (secondary N) is 1. The second kappa shape index (κ2) is 5.36. The number of carboxylic acids is 1. The van der Waals surface area contributed by atoms with Gasteiger partial charge in [-0.05, 0) is 0 Å². The van der Waals surface area contributed by atoms with Crippen LogP contribution in [0.1, 0.15) is 6.42 Å². The van der Waals surface area contributed by atoms with E-state index in [-0.39, 0.29) is 13.0 Å². The summed E-state index contributed by atoms with van der Waals surface area (Å²) in [6.45, 7) is 0.109. The van der Waals surface area contributed by atoms with Crippen molar-refractivity contribution in [1.29, 1.82) is 0 Å². The van der Waals surface area contributed by atoms with Crippen molar-refractivity contribution in [3.05, 3.63) is 0 Å². The van der Waals surface area contributed by atoms with Crippen molar-refractivity contribution in [1.82, 2.24) is 5.32 Å². The molecule has 6 heteroatoms. The summed E-state index contributed by atoms with van der Waals surface area (Å²) in [6.07, 6.45) is -0.688. The Morgan fingerprint density at radius 2 is 2.25 bits per heavy atom. The van der Waals surface area contributed by atoms with Crippen molar-refractivity contribution in [2.24, 2.45) is 5.73 Å². The number of primary amides is 1. The van der Waals surface area contributed by atoms with Crippen LogP contribution in [0.5, 0.6) is 0 Å². The Kier molecular flexibility index (Phi) is 4.78. The highest BCUT2D eigenvalue weighted by Gasteiger charge is 2.11. The highest BCUT2D eigenvalue weighted by Crippen LogP contribution is 1.94. The molecule has 0 bridgehead atoms. The molecule has 0 aromatic carbocycles. The maximum Gasteiger partial charge on any atom is 0.312 e. The maximum absolute atomic E-state index is 10.2. The SMILES string of the molecule is COC(CNC(N)=O)CC(=O)O. The highest BCUT2D eigenvalue weighted by atomic mass is 16.5. The van der Waals surface area contributed by atoms with E-state index in [2.05, 4.69) is 5.32 Å². The number of rotatable bonds is 5. The lowest BCUT2D eigenvalue weighted by Gasteiger charge is -2.12. The first kappa shape index (κ1) is 10.7. The average Bonchev–Trinajstić information content (AvgIpc) is 1.97. The number of urea groups is 1. The van der Waals surface area contributed by atoms with Gasteiger partial charge in [-0.15, -0.1) is 0 Å². The molecule has 1 unspecified atom stereocenters. The van der Waals surface area contributed by atoms with E-state index in [0.29, 0.717) is 0 Å². The van der Waals surface area contributed by atoms with Crippen LogP contribution in [0.15, 0.2) is 0 Å². The molecule has 0 aromatic rings. The van der Waals surface area contributed by atoms with E-state index in [1.54, 1.807) is 0 Å². The van der Waals surface area contributed by atoms with E-state index in [4.69, 9.17) is 15.6 Å². The number of hydrogen-bond acceptors (Lipinski definition) is 3. The Bertz CT molecular complexity index is 171. The number of carboxylic acid groups (broad SMARTS) is 1. The number of nitrogens with two attached hydrogens (primary N) is 1. The third-order valence-corrected chi connectivity index (χ3v) is 1.24. The summed E-state index contributed by atoms with van der Waals surface area (Å²) in [4.78, 5) is 20.4. The molecule has 0 saturated heterocycles. The number of carbonyl (C=O) groups is 2. The van der Waals surface area contributed by atoms with Gasteiger partial charge in [0.05, 0.1) is 12.5 Å². The zero-order chi connectivity index (χ0) is 9.56. The summed E-state index contributed by atoms with van der Waals surface area (Å²) in [5.74, 6) is -0.979. The number of methoxy groups -OCH3 is 1. The van der Waals surface area contributed by atoms with Gasteiger partial charge in [0.15, 0.2) is 0 Å². The van der Waals surface area contributed by atoms with Crippen molar-refractivity contribution in [3.63, 3.8) is 0 Å². The van der Waals surface area contributed by atoms with Crippen LogP contribution in [0.2, 0.25) is 0 Å². The molecule has 0 saturated carbocycles. The molecule has 2 amide bonds. The minimum Gasteiger partial charge on any atom is -0.481 e. The fourth-order valence-corrected chi connectivity index (χ4v) is 0.648. The van der Waals surface area contributed by atoms with Gasteiger partial charge < -0.3 is 20.9 Å². The molecule has 0 heterocycles. The van der Waals surface area contributed by atoms with Gasteiger partial charge >= 0.3 is 12.0 Å². The quantitative estimate of drug-likeness (QED) is 0.507. The number of carbonyl (C=O) groups excluding carboxylic acids is 1. The Balaban J connectivity index is 3.67. The van der Waals surface area contributed by atoms with Gasteiger partial charge in [0.25, 0.3) is 0 Å². The van der Waals surface area contributed by atoms with E-state index < -0.39 is 18.1 Å². The van der Waals surface area contributed by atoms with Crippen molar-refractivity contribution in [2.75, 3.05) is 13.7 Å². The fraction of sp³-hybridized carbons (Fsp3) is 0.667. The Labute approximate surface area is 69.7 Å². The first-order valence-corrected chi connectivity index (χ1v) is 3.34. The Morgan fingerprint density at radius 1 is 1.67 bits per heavy atom. The lowest BCUT2D eigenvalue weighted by Crippen LogP contribution is -2.37. The summed E-state index contributed by atoms with van der Waals surface area (Å²) < 4.78 is 4.76. The molecule has 0 aliphatic rings. The molecule has 6 nitrogen and oxygen atoms in total. The van der Waals surface area contributed by atoms with Gasteiger partial charge in [0.1, 0.15) is 0 Å². The molecule has 0 rings (SSSR count). The topological polar surface area (TPSA) is 102 Å². The second-order valence-corrected chi connectivity index (χ2v) is 2.20. The molecule has 0 radical (unpaired) electrons. The maximum atomic E-state index is 10.2. The van der Waals surface area contributed by atoms with Crippen LogP contribution >= 0.6 is 0 Å². The Morgan fingerprint density at radius 3 is 2.58 bits per heavy atom. The van der Waals surface area contributed by atoms with E-state index in [1.807, 2.05) is 0 Å². The molecule has 0 aliphatic carbocycles. The van der Waals surface area contributed by atoms with Crippen molar-refractivity contribution >= 4 is 12.0 Å². The van der Waals surface area contributed by atoms with Gasteiger partial charge in [-0.2, -0.15) is 0 Å². The van der Waals surface area contributed by atoms with E-state index in [9.17, 15) is 9.59 Å². The minimum absolute atomic E-state index is 0.109. The largest absolute Gasteiger partial charge is 0.481 e. The van der Waals surface area contributed by atoms with Gasteiger partial charge in [-0.1, -0.05) is 0 Å². The summed E-state index contributed by atoms with van der Waals surface area (Å²) >= 11 is 0. The molecule has 1 atom stereocenters. The van der Waals surface area contributed by atoms with Crippen LogP contribution in [-0.2, 0) is 9.53 Å². The molecular formula is C6H12N2O4. The van der Waals surface area contributed by atoms with Gasteiger partial charge in [-0.3, -0.25) is 4.79 Å². The van der Waals surface area contributed by atoms with Gasteiger partial charge in [-0.25, -0.2) is 4.79 Å². The molecule has 4 N–H and O–H groups in total. The third kappa shape index (κ3) is 5.48. The van der Waals surface area contributed by atoms with Crippen LogP contribution < -0.4 is 11.1 Å². The minimum atomic E-state index is -0.979. The normalized spacial score (nSPS) is 12.1. The number of aliphatic carboxylic acids is 1. The van der Waals surface area contributed by atoms with E-state index in [1.165, 1.54) is 7.11 Å². The number of ether oxygens (including phenoxy) is 1. The van der Waals surface area contributed by atoms with Crippen molar-refractivity contribution in [3.8, 4) is 0 Å². The first-order chi connectivity index (χ1) is 5.56. The zero-order valence-electron chi connectivity index (χ0n) is 6.74. The Hall–Kier alpha value is -1.30. The van der Waals surface area contributed by atoms with Gasteiger partial charge in [0.2, 0.25) is 0 Å². The van der Waals surface area contributed by atoms with Crippen molar-refractivity contribution < 1.29 is 19.4 Å². The molecule has 0 spiro atoms. The van der Waals surface area contributed by atoms with Crippen LogP contribution in [-0.4, -0.2) is 36.9 Å². The lowest BCUT2D eigenvalue weighted by atomic mass is 10.2. The average molecular weight is 176 g/mol. The summed E-state index contributed by atoms with van der Waals surface area (Å²) in [6, 6.07) is -0.692. The van der Waals surface area contributed by atoms with E-state index in [0.717, 1.165) is 0 Å². The van der Waals surface area contributed by atoms with Crippen LogP contribution in [0.4, 0.5) is 4.79 Å². The van der Waals surface area contributed by atoms with Crippen molar-refractivity contribution in [2.45, 2.75) is 12.5 Å². The number of hydrogen-bond donors (Lipinski definition) is 3. The standard InChI is InChI=1S/C6H12N2O4/c1-12-4(2-5(9)10)3-8-6(7)11/h4H,2-3H2,1H3,(H,9,10)(H3,7,8,11). The third-order valence-electron chi connectivity index (χ3n) is 1.24. The number of amides is 2. The predicted octanol–water partition coefficient (Wildman–Crippen LogP) is -0.856. The highest BCUT2D eigenvalue weighted by molar-refractivity contribution is 5.72. The second-order valence-electron chi connectivity index (χ2n) is 2.20. The molecule has 12 heavy (non-hydrogen) atoms. The molecule has 0 fully saturated rings.